The monoisotopic (exact) mass is 423 g/mol. The highest BCUT2D eigenvalue weighted by Crippen LogP contribution is 2.29. The lowest BCUT2D eigenvalue weighted by Gasteiger charge is -2.32. The molecule has 5 rings (SSSR count). The molecular weight excluding hydrogens is 390 g/mol. The van der Waals surface area contributed by atoms with E-state index in [0.29, 0.717) is 30.8 Å². The van der Waals surface area contributed by atoms with Gasteiger partial charge in [-0.15, -0.1) is 0 Å². The van der Waals surface area contributed by atoms with Gasteiger partial charge in [-0.1, -0.05) is 12.2 Å². The molecule has 0 aromatic carbocycles. The van der Waals surface area contributed by atoms with Gasteiger partial charge in [0.1, 0.15) is 0 Å². The van der Waals surface area contributed by atoms with E-state index in [1.807, 2.05) is 11.0 Å². The van der Waals surface area contributed by atoms with Crippen LogP contribution in [-0.4, -0.2) is 56.0 Å². The molecule has 1 aliphatic carbocycles. The highest BCUT2D eigenvalue weighted by Gasteiger charge is 2.28. The number of nitrogens with zero attached hydrogens (tertiary/aromatic N) is 4. The number of aromatic nitrogens is 3. The van der Waals surface area contributed by atoms with E-state index in [9.17, 15) is 9.59 Å². The molecule has 7 heteroatoms. The first-order chi connectivity index (χ1) is 15.0. The minimum Gasteiger partial charge on any atom is -0.343 e. The lowest BCUT2D eigenvalue weighted by atomic mass is 9.93. The predicted molar refractivity (Wildman–Crippen MR) is 120 cm³/mol. The van der Waals surface area contributed by atoms with Gasteiger partial charge in [-0.25, -0.2) is 9.50 Å². The number of hydrogen-bond acceptors (Lipinski definition) is 4. The molecular formula is C24H33N5O2. The number of allylic oxidation sites excluding steroid dienone is 2. The lowest BCUT2D eigenvalue weighted by molar-refractivity contribution is -0.132. The minimum atomic E-state index is 0.0360. The highest BCUT2D eigenvalue weighted by molar-refractivity contribution is 5.76. The van der Waals surface area contributed by atoms with Gasteiger partial charge < -0.3 is 4.90 Å². The molecule has 0 bridgehead atoms. The molecule has 1 N–H and O–H groups in total. The zero-order valence-corrected chi connectivity index (χ0v) is 18.6. The van der Waals surface area contributed by atoms with Crippen molar-refractivity contribution in [3.63, 3.8) is 0 Å². The summed E-state index contributed by atoms with van der Waals surface area (Å²) in [4.78, 5) is 35.0. The quantitative estimate of drug-likeness (QED) is 0.768. The largest absolute Gasteiger partial charge is 0.343 e. The first kappa shape index (κ1) is 20.5. The first-order valence-electron chi connectivity index (χ1n) is 11.8. The first-order valence-corrected chi connectivity index (χ1v) is 11.8. The van der Waals surface area contributed by atoms with Crippen LogP contribution in [0.1, 0.15) is 68.8 Å². The Bertz CT molecular complexity index is 1060. The minimum absolute atomic E-state index is 0.0360. The molecule has 2 aliphatic heterocycles. The number of nitrogens with one attached hydrogen (secondary N) is 1. The number of rotatable bonds is 4. The summed E-state index contributed by atoms with van der Waals surface area (Å²) < 4.78 is 1.63. The average Bonchev–Trinajstić information content (AvgIpc) is 3.44. The van der Waals surface area contributed by atoms with Crippen molar-refractivity contribution in [3.05, 3.63) is 45.5 Å². The number of fused-ring (bicyclic) bond motifs is 2. The summed E-state index contributed by atoms with van der Waals surface area (Å²) in [5, 5.41) is 3.34. The maximum absolute atomic E-state index is 13.2. The maximum Gasteiger partial charge on any atom is 0.277 e. The average molecular weight is 424 g/mol. The van der Waals surface area contributed by atoms with Gasteiger partial charge in [-0.3, -0.25) is 19.6 Å². The number of carbonyl (C=O) groups is 1. The number of H-pyrrole nitrogens is 1. The Kier molecular flexibility index (Phi) is 5.46. The van der Waals surface area contributed by atoms with Gasteiger partial charge in [-0.05, 0) is 45.4 Å². The fourth-order valence-electron chi connectivity index (χ4n) is 5.33. The molecule has 2 aromatic rings. The zero-order valence-electron chi connectivity index (χ0n) is 18.6. The van der Waals surface area contributed by atoms with E-state index in [1.165, 1.54) is 0 Å². The highest BCUT2D eigenvalue weighted by atomic mass is 16.2. The SMILES string of the molecule is CC(C)N1CCc2nc3cc(C4CCN(C(=O)C[C@H]5C=CCC5)CC4)[nH]n3c(=O)c2C1. The third-order valence-electron chi connectivity index (χ3n) is 7.38. The number of piperidine rings is 1. The molecule has 1 saturated heterocycles. The van der Waals surface area contributed by atoms with Gasteiger partial charge in [-0.2, -0.15) is 0 Å². The van der Waals surface area contributed by atoms with Gasteiger partial charge >= 0.3 is 0 Å². The second-order valence-electron chi connectivity index (χ2n) is 9.69. The van der Waals surface area contributed by atoms with Crippen LogP contribution in [0.15, 0.2) is 23.0 Å². The Morgan fingerprint density at radius 1 is 1.23 bits per heavy atom. The maximum atomic E-state index is 13.2. The van der Waals surface area contributed by atoms with E-state index in [2.05, 4.69) is 36.0 Å². The summed E-state index contributed by atoms with van der Waals surface area (Å²) in [6, 6.07) is 2.46. The lowest BCUT2D eigenvalue weighted by Crippen LogP contribution is -2.40. The van der Waals surface area contributed by atoms with Gasteiger partial charge in [0, 0.05) is 62.7 Å². The van der Waals surface area contributed by atoms with Gasteiger partial charge in [0.05, 0.1) is 11.3 Å². The Morgan fingerprint density at radius 3 is 2.74 bits per heavy atom. The number of carbonyl (C=O) groups excluding carboxylic acids is 1. The van der Waals surface area contributed by atoms with E-state index < -0.39 is 0 Å². The van der Waals surface area contributed by atoms with Crippen LogP contribution in [0.5, 0.6) is 0 Å². The van der Waals surface area contributed by atoms with Crippen LogP contribution >= 0.6 is 0 Å². The fourth-order valence-corrected chi connectivity index (χ4v) is 5.33. The summed E-state index contributed by atoms with van der Waals surface area (Å²) in [6.45, 7) is 7.54. The molecule has 4 heterocycles. The summed E-state index contributed by atoms with van der Waals surface area (Å²) in [7, 11) is 0. The normalized spacial score (nSPS) is 22.5. The van der Waals surface area contributed by atoms with Crippen molar-refractivity contribution in [1.29, 1.82) is 0 Å². The van der Waals surface area contributed by atoms with Crippen LogP contribution in [-0.2, 0) is 17.8 Å². The Labute approximate surface area is 183 Å². The molecule has 1 fully saturated rings. The third kappa shape index (κ3) is 3.95. The van der Waals surface area contributed by atoms with Crippen LogP contribution in [0.3, 0.4) is 0 Å². The molecule has 0 spiro atoms. The summed E-state index contributed by atoms with van der Waals surface area (Å²) in [5.41, 5.74) is 3.61. The van der Waals surface area contributed by atoms with Crippen molar-refractivity contribution in [1.82, 2.24) is 24.4 Å². The van der Waals surface area contributed by atoms with Crippen molar-refractivity contribution in [2.24, 2.45) is 5.92 Å². The van der Waals surface area contributed by atoms with Gasteiger partial charge in [0.15, 0.2) is 5.65 Å². The van der Waals surface area contributed by atoms with Gasteiger partial charge in [0.2, 0.25) is 5.91 Å². The predicted octanol–water partition coefficient (Wildman–Crippen LogP) is 2.85. The van der Waals surface area contributed by atoms with E-state index in [4.69, 9.17) is 4.98 Å². The second kappa shape index (κ2) is 8.26. The van der Waals surface area contributed by atoms with Crippen molar-refractivity contribution < 1.29 is 4.79 Å². The summed E-state index contributed by atoms with van der Waals surface area (Å²) >= 11 is 0. The van der Waals surface area contributed by atoms with E-state index in [0.717, 1.165) is 74.3 Å². The number of likely N-dealkylation sites (tertiary alicyclic amines) is 1. The number of hydrogen-bond donors (Lipinski definition) is 1. The Morgan fingerprint density at radius 2 is 2.03 bits per heavy atom. The van der Waals surface area contributed by atoms with Crippen LogP contribution in [0.25, 0.3) is 5.65 Å². The Hall–Kier alpha value is -2.41. The molecule has 1 atom stereocenters. The summed E-state index contributed by atoms with van der Waals surface area (Å²) in [5.74, 6) is 1.04. The molecule has 0 saturated carbocycles. The van der Waals surface area contributed by atoms with E-state index in [1.54, 1.807) is 4.52 Å². The smallest absolute Gasteiger partial charge is 0.277 e. The van der Waals surface area contributed by atoms with Crippen molar-refractivity contribution >= 4 is 11.6 Å². The molecule has 2 aromatic heterocycles. The fraction of sp³-hybridized carbons (Fsp3) is 0.625. The standard InChI is InChI=1S/C24H33N5O2/c1-16(2)28-12-9-20-19(15-28)24(31)29-22(25-20)14-21(26-29)18-7-10-27(11-8-18)23(30)13-17-5-3-4-6-17/h3,5,14,16-18,26H,4,6-13,15H2,1-2H3/t17-/m0/s1. The Balaban J connectivity index is 1.29. The number of amides is 1. The second-order valence-corrected chi connectivity index (χ2v) is 9.69. The van der Waals surface area contributed by atoms with E-state index in [-0.39, 0.29) is 11.5 Å². The van der Waals surface area contributed by atoms with Crippen LogP contribution < -0.4 is 5.56 Å². The summed E-state index contributed by atoms with van der Waals surface area (Å²) in [6.07, 6.45) is 9.92. The zero-order chi connectivity index (χ0) is 21.5. The van der Waals surface area contributed by atoms with Crippen LogP contribution in [0.2, 0.25) is 0 Å². The molecule has 0 unspecified atom stereocenters. The van der Waals surface area contributed by atoms with Crippen molar-refractivity contribution in [2.75, 3.05) is 19.6 Å². The third-order valence-corrected chi connectivity index (χ3v) is 7.38. The molecule has 0 radical (unpaired) electrons. The molecule has 1 amide bonds. The molecule has 31 heavy (non-hydrogen) atoms. The molecule has 3 aliphatic rings. The van der Waals surface area contributed by atoms with Crippen molar-refractivity contribution in [2.45, 2.75) is 70.9 Å². The van der Waals surface area contributed by atoms with E-state index >= 15 is 0 Å². The van der Waals surface area contributed by atoms with Crippen molar-refractivity contribution in [3.8, 4) is 0 Å². The van der Waals surface area contributed by atoms with Crippen LogP contribution in [0, 0.1) is 5.92 Å². The van der Waals surface area contributed by atoms with Crippen LogP contribution in [0.4, 0.5) is 0 Å². The molecule has 166 valence electrons. The molecule has 7 nitrogen and oxygen atoms in total. The van der Waals surface area contributed by atoms with Gasteiger partial charge in [0.25, 0.3) is 5.56 Å². The topological polar surface area (TPSA) is 73.7 Å². The number of aromatic amines is 1.